The van der Waals surface area contributed by atoms with Crippen LogP contribution in [-0.2, 0) is 0 Å². The highest BCUT2D eigenvalue weighted by atomic mass is 35.5. The average Bonchev–Trinajstić information content (AvgIpc) is 2.47. The minimum Gasteiger partial charge on any atom is -0.393 e. The van der Waals surface area contributed by atoms with Gasteiger partial charge in [0.1, 0.15) is 0 Å². The predicted octanol–water partition coefficient (Wildman–Crippen LogP) is 2.63. The zero-order chi connectivity index (χ0) is 16.1. The van der Waals surface area contributed by atoms with Crippen LogP contribution in [0.4, 0.5) is 4.79 Å². The smallest absolute Gasteiger partial charge is 0.315 e. The molecule has 1 aromatic carbocycles. The molecule has 1 fully saturated rings. The summed E-state index contributed by atoms with van der Waals surface area (Å²) in [4.78, 5) is 11.8. The number of nitrogens with one attached hydrogen (secondary N) is 2. The summed E-state index contributed by atoms with van der Waals surface area (Å²) in [5.74, 6) is 0. The first-order valence-corrected chi connectivity index (χ1v) is 8.06. The molecule has 1 saturated carbocycles. The molecule has 2 amide bonds. The number of urea groups is 1. The molecule has 1 aliphatic carbocycles. The van der Waals surface area contributed by atoms with Gasteiger partial charge in [0.25, 0.3) is 0 Å². The van der Waals surface area contributed by atoms with Crippen LogP contribution < -0.4 is 10.6 Å². The molecular formula is C15H20Cl2N2O3. The summed E-state index contributed by atoms with van der Waals surface area (Å²) in [5, 5.41) is 25.8. The molecule has 4 N–H and O–H groups in total. The Kier molecular flexibility index (Phi) is 6.32. The van der Waals surface area contributed by atoms with E-state index in [2.05, 4.69) is 10.6 Å². The minimum atomic E-state index is -0.899. The maximum absolute atomic E-state index is 11.8. The first-order valence-electron chi connectivity index (χ1n) is 7.31. The van der Waals surface area contributed by atoms with Gasteiger partial charge in [0.15, 0.2) is 0 Å². The molecule has 0 bridgehead atoms. The van der Waals surface area contributed by atoms with E-state index >= 15 is 0 Å². The molecule has 0 radical (unpaired) electrons. The van der Waals surface area contributed by atoms with Gasteiger partial charge in [-0.1, -0.05) is 29.3 Å². The van der Waals surface area contributed by atoms with Gasteiger partial charge < -0.3 is 20.8 Å². The van der Waals surface area contributed by atoms with Crippen molar-refractivity contribution in [3.8, 4) is 0 Å². The van der Waals surface area contributed by atoms with Gasteiger partial charge in [-0.25, -0.2) is 4.79 Å². The molecule has 1 aromatic rings. The van der Waals surface area contributed by atoms with Crippen molar-refractivity contribution >= 4 is 29.2 Å². The van der Waals surface area contributed by atoms with Crippen LogP contribution in [0.15, 0.2) is 18.2 Å². The summed E-state index contributed by atoms with van der Waals surface area (Å²) in [7, 11) is 0. The molecule has 1 unspecified atom stereocenters. The fourth-order valence-electron chi connectivity index (χ4n) is 2.53. The Bertz CT molecular complexity index is 520. The second kappa shape index (κ2) is 8.02. The zero-order valence-corrected chi connectivity index (χ0v) is 13.6. The van der Waals surface area contributed by atoms with E-state index in [9.17, 15) is 15.0 Å². The highest BCUT2D eigenvalue weighted by Crippen LogP contribution is 2.26. The fourth-order valence-corrected chi connectivity index (χ4v) is 3.06. The molecule has 22 heavy (non-hydrogen) atoms. The van der Waals surface area contributed by atoms with E-state index in [4.69, 9.17) is 23.2 Å². The normalized spacial score (nSPS) is 22.9. The Hall–Kier alpha value is -1.01. The van der Waals surface area contributed by atoms with Crippen LogP contribution in [0.3, 0.4) is 0 Å². The first-order chi connectivity index (χ1) is 10.5. The predicted molar refractivity (Wildman–Crippen MR) is 86.2 cm³/mol. The molecule has 0 heterocycles. The van der Waals surface area contributed by atoms with E-state index in [1.54, 1.807) is 18.2 Å². The van der Waals surface area contributed by atoms with Gasteiger partial charge >= 0.3 is 6.03 Å². The van der Waals surface area contributed by atoms with Crippen molar-refractivity contribution in [3.05, 3.63) is 33.8 Å². The Labute approximate surface area is 139 Å². The van der Waals surface area contributed by atoms with Gasteiger partial charge in [0.05, 0.1) is 12.2 Å². The lowest BCUT2D eigenvalue weighted by atomic mass is 9.93. The SMILES string of the molecule is O=C(NCC(O)c1ccc(Cl)cc1Cl)NC1CCC(O)CC1. The lowest BCUT2D eigenvalue weighted by Gasteiger charge is -2.26. The molecule has 122 valence electrons. The number of aliphatic hydroxyl groups is 2. The highest BCUT2D eigenvalue weighted by Gasteiger charge is 2.21. The monoisotopic (exact) mass is 346 g/mol. The number of hydrogen-bond acceptors (Lipinski definition) is 3. The summed E-state index contributed by atoms with van der Waals surface area (Å²) in [5.41, 5.74) is 0.521. The quantitative estimate of drug-likeness (QED) is 0.676. The zero-order valence-electron chi connectivity index (χ0n) is 12.1. The van der Waals surface area contributed by atoms with Crippen molar-refractivity contribution in [2.45, 2.75) is 43.9 Å². The largest absolute Gasteiger partial charge is 0.393 e. The Morgan fingerprint density at radius 3 is 2.59 bits per heavy atom. The number of rotatable bonds is 4. The van der Waals surface area contributed by atoms with E-state index in [1.165, 1.54) is 0 Å². The number of benzene rings is 1. The van der Waals surface area contributed by atoms with Crippen molar-refractivity contribution in [2.75, 3.05) is 6.54 Å². The fraction of sp³-hybridized carbons (Fsp3) is 0.533. The summed E-state index contributed by atoms with van der Waals surface area (Å²) in [6, 6.07) is 4.57. The Balaban J connectivity index is 1.78. The summed E-state index contributed by atoms with van der Waals surface area (Å²) in [6.07, 6.45) is 1.78. The van der Waals surface area contributed by atoms with E-state index < -0.39 is 6.10 Å². The minimum absolute atomic E-state index is 0.0581. The van der Waals surface area contributed by atoms with E-state index in [-0.39, 0.29) is 24.7 Å². The summed E-state index contributed by atoms with van der Waals surface area (Å²) < 4.78 is 0. The number of amides is 2. The molecule has 0 aromatic heterocycles. The van der Waals surface area contributed by atoms with Crippen LogP contribution >= 0.6 is 23.2 Å². The third-order valence-electron chi connectivity index (χ3n) is 3.81. The van der Waals surface area contributed by atoms with Gasteiger partial charge in [0.2, 0.25) is 0 Å². The van der Waals surface area contributed by atoms with Crippen LogP contribution in [0.25, 0.3) is 0 Å². The number of halogens is 2. The molecule has 7 heteroatoms. The van der Waals surface area contributed by atoms with Crippen LogP contribution in [0.2, 0.25) is 10.0 Å². The maximum atomic E-state index is 11.8. The van der Waals surface area contributed by atoms with Crippen molar-refractivity contribution in [3.63, 3.8) is 0 Å². The van der Waals surface area contributed by atoms with Crippen LogP contribution in [0.1, 0.15) is 37.4 Å². The number of hydrogen-bond donors (Lipinski definition) is 4. The van der Waals surface area contributed by atoms with Crippen molar-refractivity contribution in [1.82, 2.24) is 10.6 Å². The number of carbonyl (C=O) groups is 1. The van der Waals surface area contributed by atoms with Crippen LogP contribution in [-0.4, -0.2) is 34.9 Å². The second-order valence-corrected chi connectivity index (χ2v) is 6.39. The number of carbonyl (C=O) groups excluding carboxylic acids is 1. The lowest BCUT2D eigenvalue weighted by molar-refractivity contribution is 0.117. The molecular weight excluding hydrogens is 327 g/mol. The standard InChI is InChI=1S/C15H20Cl2N2O3/c16-9-1-6-12(13(17)7-9)14(21)8-18-15(22)19-10-2-4-11(20)5-3-10/h1,6-7,10-11,14,20-21H,2-5,8H2,(H2,18,19,22). The van der Waals surface area contributed by atoms with Gasteiger partial charge in [-0.15, -0.1) is 0 Å². The van der Waals surface area contributed by atoms with Crippen LogP contribution in [0.5, 0.6) is 0 Å². The molecule has 1 atom stereocenters. The van der Waals surface area contributed by atoms with Gasteiger partial charge in [0, 0.05) is 28.2 Å². The number of aliphatic hydroxyl groups excluding tert-OH is 2. The Morgan fingerprint density at radius 2 is 1.95 bits per heavy atom. The average molecular weight is 347 g/mol. The van der Waals surface area contributed by atoms with Gasteiger partial charge in [-0.05, 0) is 37.8 Å². The first kappa shape index (κ1) is 17.3. The molecule has 1 aliphatic rings. The van der Waals surface area contributed by atoms with E-state index in [1.807, 2.05) is 0 Å². The maximum Gasteiger partial charge on any atom is 0.315 e. The summed E-state index contributed by atoms with van der Waals surface area (Å²) >= 11 is 11.8. The van der Waals surface area contributed by atoms with Crippen molar-refractivity contribution in [2.24, 2.45) is 0 Å². The lowest BCUT2D eigenvalue weighted by Crippen LogP contribution is -2.45. The van der Waals surface area contributed by atoms with Crippen molar-refractivity contribution in [1.29, 1.82) is 0 Å². The van der Waals surface area contributed by atoms with E-state index in [0.717, 1.165) is 12.8 Å². The summed E-state index contributed by atoms with van der Waals surface area (Å²) in [6.45, 7) is 0.0581. The molecule has 0 spiro atoms. The molecule has 0 aliphatic heterocycles. The molecule has 0 saturated heterocycles. The third-order valence-corrected chi connectivity index (χ3v) is 4.37. The topological polar surface area (TPSA) is 81.6 Å². The van der Waals surface area contributed by atoms with E-state index in [0.29, 0.717) is 28.5 Å². The Morgan fingerprint density at radius 1 is 1.27 bits per heavy atom. The van der Waals surface area contributed by atoms with Gasteiger partial charge in [-0.3, -0.25) is 0 Å². The van der Waals surface area contributed by atoms with Crippen LogP contribution in [0, 0.1) is 0 Å². The van der Waals surface area contributed by atoms with Crippen molar-refractivity contribution < 1.29 is 15.0 Å². The van der Waals surface area contributed by atoms with Gasteiger partial charge in [-0.2, -0.15) is 0 Å². The molecule has 5 nitrogen and oxygen atoms in total. The molecule has 2 rings (SSSR count). The highest BCUT2D eigenvalue weighted by molar-refractivity contribution is 6.35. The second-order valence-electron chi connectivity index (χ2n) is 5.54. The third kappa shape index (κ3) is 5.02.